The molecular weight excluding hydrogens is 231 g/mol. The lowest BCUT2D eigenvalue weighted by Crippen LogP contribution is -2.15. The maximum Gasteiger partial charge on any atom is 0.337 e. The van der Waals surface area contributed by atoms with Crippen molar-refractivity contribution in [1.82, 2.24) is 0 Å². The molecule has 0 spiro atoms. The SMILES string of the molecule is COc1cc(F)c(C(OC)C(=O)O)cc1OC. The molecule has 5 nitrogen and oxygen atoms in total. The van der Waals surface area contributed by atoms with Crippen LogP contribution in [0.3, 0.4) is 0 Å². The zero-order valence-corrected chi connectivity index (χ0v) is 9.69. The average molecular weight is 244 g/mol. The Balaban J connectivity index is 3.29. The molecule has 0 bridgehead atoms. The lowest BCUT2D eigenvalue weighted by Gasteiger charge is -2.15. The molecular formula is C11H13FO5. The van der Waals surface area contributed by atoms with Gasteiger partial charge in [0.25, 0.3) is 0 Å². The van der Waals surface area contributed by atoms with E-state index in [0.29, 0.717) is 0 Å². The van der Waals surface area contributed by atoms with E-state index in [2.05, 4.69) is 0 Å². The van der Waals surface area contributed by atoms with Gasteiger partial charge in [0, 0.05) is 18.7 Å². The average Bonchev–Trinajstić information content (AvgIpc) is 2.31. The number of benzene rings is 1. The predicted octanol–water partition coefficient (Wildman–Crippen LogP) is 1.61. The van der Waals surface area contributed by atoms with Crippen LogP contribution in [0.1, 0.15) is 11.7 Å². The molecule has 1 unspecified atom stereocenters. The molecule has 0 saturated heterocycles. The van der Waals surface area contributed by atoms with Crippen LogP contribution in [-0.2, 0) is 9.53 Å². The summed E-state index contributed by atoms with van der Waals surface area (Å²) in [6.07, 6.45) is -1.38. The first-order valence-corrected chi connectivity index (χ1v) is 4.72. The van der Waals surface area contributed by atoms with Crippen molar-refractivity contribution in [3.63, 3.8) is 0 Å². The zero-order valence-electron chi connectivity index (χ0n) is 9.69. The topological polar surface area (TPSA) is 65.0 Å². The maximum atomic E-state index is 13.7. The third-order valence-corrected chi connectivity index (χ3v) is 2.25. The number of halogens is 1. The minimum atomic E-state index is -1.38. The Labute approximate surface area is 97.7 Å². The quantitative estimate of drug-likeness (QED) is 0.852. The van der Waals surface area contributed by atoms with E-state index in [1.165, 1.54) is 27.4 Å². The van der Waals surface area contributed by atoms with E-state index in [-0.39, 0.29) is 17.1 Å². The minimum absolute atomic E-state index is 0.113. The molecule has 0 aliphatic heterocycles. The van der Waals surface area contributed by atoms with E-state index in [1.807, 2.05) is 0 Å². The lowest BCUT2D eigenvalue weighted by molar-refractivity contribution is -0.149. The zero-order chi connectivity index (χ0) is 13.0. The number of carboxylic acids is 1. The lowest BCUT2D eigenvalue weighted by atomic mass is 10.1. The third-order valence-electron chi connectivity index (χ3n) is 2.25. The van der Waals surface area contributed by atoms with E-state index in [1.54, 1.807) is 0 Å². The first-order valence-electron chi connectivity index (χ1n) is 4.72. The van der Waals surface area contributed by atoms with Gasteiger partial charge in [0.1, 0.15) is 5.82 Å². The molecule has 1 rings (SSSR count). The summed E-state index contributed by atoms with van der Waals surface area (Å²) >= 11 is 0. The van der Waals surface area contributed by atoms with E-state index in [9.17, 15) is 9.18 Å². The van der Waals surface area contributed by atoms with Crippen molar-refractivity contribution < 1.29 is 28.5 Å². The van der Waals surface area contributed by atoms with Gasteiger partial charge in [0.2, 0.25) is 0 Å². The molecule has 6 heteroatoms. The van der Waals surface area contributed by atoms with Gasteiger partial charge in [-0.3, -0.25) is 0 Å². The number of ether oxygens (including phenoxy) is 3. The molecule has 0 aliphatic rings. The van der Waals surface area contributed by atoms with Crippen LogP contribution in [0.5, 0.6) is 11.5 Å². The van der Waals surface area contributed by atoms with Gasteiger partial charge in [-0.1, -0.05) is 0 Å². The number of aliphatic carboxylic acids is 1. The summed E-state index contributed by atoms with van der Waals surface area (Å²) in [6.45, 7) is 0. The summed E-state index contributed by atoms with van der Waals surface area (Å²) in [5.41, 5.74) is -0.113. The van der Waals surface area contributed by atoms with Gasteiger partial charge in [0.05, 0.1) is 14.2 Å². The molecule has 0 fully saturated rings. The molecule has 94 valence electrons. The second-order valence-electron chi connectivity index (χ2n) is 3.18. The Morgan fingerprint density at radius 3 is 2.18 bits per heavy atom. The number of hydrogen-bond donors (Lipinski definition) is 1. The normalized spacial score (nSPS) is 12.0. The predicted molar refractivity (Wildman–Crippen MR) is 56.9 cm³/mol. The van der Waals surface area contributed by atoms with Crippen molar-refractivity contribution in [3.05, 3.63) is 23.5 Å². The van der Waals surface area contributed by atoms with E-state index in [0.717, 1.165) is 6.07 Å². The van der Waals surface area contributed by atoms with Gasteiger partial charge >= 0.3 is 5.97 Å². The van der Waals surface area contributed by atoms with Gasteiger partial charge in [-0.25, -0.2) is 9.18 Å². The Bertz CT molecular complexity index is 419. The molecule has 1 atom stereocenters. The molecule has 0 radical (unpaired) electrons. The summed E-state index contributed by atoms with van der Waals surface area (Å²) in [5.74, 6) is -1.57. The second kappa shape index (κ2) is 5.49. The van der Waals surface area contributed by atoms with E-state index in [4.69, 9.17) is 19.3 Å². The van der Waals surface area contributed by atoms with Crippen molar-refractivity contribution in [2.75, 3.05) is 21.3 Å². The smallest absolute Gasteiger partial charge is 0.337 e. The molecule has 0 saturated carbocycles. The Kier molecular flexibility index (Phi) is 4.28. The highest BCUT2D eigenvalue weighted by Crippen LogP contribution is 2.33. The number of rotatable bonds is 5. The van der Waals surface area contributed by atoms with Crippen molar-refractivity contribution in [2.24, 2.45) is 0 Å². The van der Waals surface area contributed by atoms with Gasteiger partial charge < -0.3 is 19.3 Å². The highest BCUT2D eigenvalue weighted by molar-refractivity contribution is 5.75. The van der Waals surface area contributed by atoms with Crippen molar-refractivity contribution in [2.45, 2.75) is 6.10 Å². The summed E-state index contributed by atoms with van der Waals surface area (Å²) < 4.78 is 28.2. The van der Waals surface area contributed by atoms with Crippen LogP contribution in [0.25, 0.3) is 0 Å². The molecule has 0 amide bonds. The van der Waals surface area contributed by atoms with Gasteiger partial charge in [-0.15, -0.1) is 0 Å². The minimum Gasteiger partial charge on any atom is -0.493 e. The van der Waals surface area contributed by atoms with E-state index >= 15 is 0 Å². The van der Waals surface area contributed by atoms with Crippen LogP contribution in [0.15, 0.2) is 12.1 Å². The van der Waals surface area contributed by atoms with Crippen LogP contribution in [-0.4, -0.2) is 32.4 Å². The second-order valence-corrected chi connectivity index (χ2v) is 3.18. The van der Waals surface area contributed by atoms with Gasteiger partial charge in [-0.05, 0) is 6.07 Å². The molecule has 0 aliphatic carbocycles. The molecule has 0 heterocycles. The highest BCUT2D eigenvalue weighted by atomic mass is 19.1. The third kappa shape index (κ3) is 2.65. The fourth-order valence-corrected chi connectivity index (χ4v) is 1.43. The van der Waals surface area contributed by atoms with Crippen LogP contribution in [0.4, 0.5) is 4.39 Å². The number of hydrogen-bond acceptors (Lipinski definition) is 4. The first kappa shape index (κ1) is 13.2. The first-order chi connectivity index (χ1) is 8.04. The molecule has 17 heavy (non-hydrogen) atoms. The molecule has 1 aromatic carbocycles. The number of carbonyl (C=O) groups is 1. The van der Waals surface area contributed by atoms with Gasteiger partial charge in [-0.2, -0.15) is 0 Å². The van der Waals surface area contributed by atoms with Crippen LogP contribution in [0, 0.1) is 5.82 Å². The van der Waals surface area contributed by atoms with Gasteiger partial charge in [0.15, 0.2) is 17.6 Å². The molecule has 1 aromatic rings. The fraction of sp³-hybridized carbons (Fsp3) is 0.364. The van der Waals surface area contributed by atoms with Crippen LogP contribution in [0.2, 0.25) is 0 Å². The van der Waals surface area contributed by atoms with Crippen molar-refractivity contribution >= 4 is 5.97 Å². The van der Waals surface area contributed by atoms with Crippen LogP contribution < -0.4 is 9.47 Å². The summed E-state index contributed by atoms with van der Waals surface area (Å²) in [6, 6.07) is 2.31. The Morgan fingerprint density at radius 2 is 1.76 bits per heavy atom. The van der Waals surface area contributed by atoms with Crippen molar-refractivity contribution in [3.8, 4) is 11.5 Å². The molecule has 1 N–H and O–H groups in total. The summed E-state index contributed by atoms with van der Waals surface area (Å²) in [7, 11) is 3.93. The van der Waals surface area contributed by atoms with Crippen molar-refractivity contribution in [1.29, 1.82) is 0 Å². The molecule has 0 aromatic heterocycles. The fourth-order valence-electron chi connectivity index (χ4n) is 1.43. The maximum absolute atomic E-state index is 13.7. The highest BCUT2D eigenvalue weighted by Gasteiger charge is 2.24. The van der Waals surface area contributed by atoms with Crippen LogP contribution >= 0.6 is 0 Å². The number of carboxylic acid groups (broad SMARTS) is 1. The monoisotopic (exact) mass is 244 g/mol. The number of methoxy groups -OCH3 is 3. The standard InChI is InChI=1S/C11H13FO5/c1-15-8-4-6(10(17-3)11(13)14)7(12)5-9(8)16-2/h4-5,10H,1-3H3,(H,13,14). The van der Waals surface area contributed by atoms with E-state index < -0.39 is 17.9 Å². The largest absolute Gasteiger partial charge is 0.493 e. The summed E-state index contributed by atoms with van der Waals surface area (Å²) in [5, 5.41) is 8.88. The Hall–Kier alpha value is -1.82. The Morgan fingerprint density at radius 1 is 1.24 bits per heavy atom. The summed E-state index contributed by atoms with van der Waals surface area (Å²) in [4.78, 5) is 10.9.